The lowest BCUT2D eigenvalue weighted by molar-refractivity contribution is -0.302. The number of aliphatic hydroxyl groups excluding tert-OH is 4. The maximum absolute atomic E-state index is 11.1. The van der Waals surface area contributed by atoms with E-state index < -0.39 is 57.0 Å². The van der Waals surface area contributed by atoms with E-state index in [1.807, 2.05) is 0 Å². The zero-order valence-electron chi connectivity index (χ0n) is 9.93. The Balaban J connectivity index is 3.12. The summed E-state index contributed by atoms with van der Waals surface area (Å²) >= 11 is 0. The van der Waals surface area contributed by atoms with Crippen LogP contribution in [0.1, 0.15) is 6.42 Å². The van der Waals surface area contributed by atoms with Crippen molar-refractivity contribution in [1.82, 2.24) is 0 Å². The van der Waals surface area contributed by atoms with E-state index in [2.05, 4.69) is 4.52 Å². The number of rotatable bonds is 5. The molecule has 20 heavy (non-hydrogen) atoms. The first-order chi connectivity index (χ1) is 9.02. The van der Waals surface area contributed by atoms with Crippen molar-refractivity contribution in [1.29, 1.82) is 0 Å². The molecule has 0 bridgehead atoms. The second-order valence-corrected chi connectivity index (χ2v) is 5.40. The Hall–Kier alpha value is -0.620. The molecule has 0 aromatic heterocycles. The number of carbonyl (C=O) groups is 1. The first-order valence-electron chi connectivity index (χ1n) is 5.35. The van der Waals surface area contributed by atoms with Gasteiger partial charge in [0.1, 0.15) is 18.3 Å². The summed E-state index contributed by atoms with van der Waals surface area (Å²) in [6, 6.07) is 0. The molecular weight excluding hydrogens is 303 g/mol. The molecule has 1 aliphatic rings. The summed E-state index contributed by atoms with van der Waals surface area (Å²) < 4.78 is 19.6. The molecule has 0 radical (unpaired) electrons. The average Bonchev–Trinajstić information content (AvgIpc) is 2.30. The van der Waals surface area contributed by atoms with Crippen LogP contribution in [0, 0.1) is 0 Å². The van der Waals surface area contributed by atoms with E-state index >= 15 is 0 Å². The lowest BCUT2D eigenvalue weighted by atomic mass is 9.93. The number of carboxylic acid groups (broad SMARTS) is 1. The molecule has 0 amide bonds. The summed E-state index contributed by atoms with van der Waals surface area (Å²) in [5.74, 6) is -4.93. The fourth-order valence-electron chi connectivity index (χ4n) is 1.79. The van der Waals surface area contributed by atoms with Gasteiger partial charge in [0, 0.05) is 6.42 Å². The van der Waals surface area contributed by atoms with Gasteiger partial charge >= 0.3 is 13.8 Å². The second kappa shape index (κ2) is 6.02. The van der Waals surface area contributed by atoms with Crippen LogP contribution < -0.4 is 0 Å². The van der Waals surface area contributed by atoms with Gasteiger partial charge in [-0.1, -0.05) is 0 Å². The van der Waals surface area contributed by atoms with Gasteiger partial charge in [0.2, 0.25) is 0 Å². The molecule has 0 aliphatic carbocycles. The van der Waals surface area contributed by atoms with Crippen molar-refractivity contribution in [3.8, 4) is 0 Å². The third kappa shape index (κ3) is 3.73. The highest BCUT2D eigenvalue weighted by Crippen LogP contribution is 2.46. The van der Waals surface area contributed by atoms with Gasteiger partial charge < -0.3 is 40.1 Å². The van der Waals surface area contributed by atoms with Crippen molar-refractivity contribution < 1.29 is 53.9 Å². The van der Waals surface area contributed by atoms with E-state index in [0.717, 1.165) is 0 Å². The maximum atomic E-state index is 11.1. The van der Waals surface area contributed by atoms with E-state index in [4.69, 9.17) is 24.7 Å². The summed E-state index contributed by atoms with van der Waals surface area (Å²) in [4.78, 5) is 28.5. The monoisotopic (exact) mass is 318 g/mol. The van der Waals surface area contributed by atoms with Crippen LogP contribution in [0.2, 0.25) is 0 Å². The molecule has 7 N–H and O–H groups in total. The Morgan fingerprint density at radius 1 is 1.45 bits per heavy atom. The quantitative estimate of drug-likeness (QED) is 0.251. The Morgan fingerprint density at radius 2 is 2.00 bits per heavy atom. The number of ether oxygens (including phenoxy) is 1. The van der Waals surface area contributed by atoms with Crippen molar-refractivity contribution in [2.45, 2.75) is 36.6 Å². The fraction of sp³-hybridized carbons (Fsp3) is 0.875. The molecule has 1 fully saturated rings. The van der Waals surface area contributed by atoms with Crippen LogP contribution in [-0.4, -0.2) is 78.1 Å². The van der Waals surface area contributed by atoms with Gasteiger partial charge in [-0.2, -0.15) is 0 Å². The van der Waals surface area contributed by atoms with E-state index in [9.17, 15) is 24.7 Å². The SMILES string of the molecule is O=C(O)[C@]1(OP(=O)(O)O)C[C@@H](O)[C@@H](O)[C@@H]([C@H](O)CO)O1. The second-order valence-electron chi connectivity index (χ2n) is 4.23. The van der Waals surface area contributed by atoms with Crippen LogP contribution in [0.4, 0.5) is 0 Å². The number of hydrogen-bond donors (Lipinski definition) is 7. The minimum atomic E-state index is -5.31. The van der Waals surface area contributed by atoms with Crippen LogP contribution in [0.3, 0.4) is 0 Å². The zero-order valence-corrected chi connectivity index (χ0v) is 10.8. The first-order valence-corrected chi connectivity index (χ1v) is 6.88. The lowest BCUT2D eigenvalue weighted by Gasteiger charge is -2.43. The summed E-state index contributed by atoms with van der Waals surface area (Å²) in [5.41, 5.74) is 0. The third-order valence-electron chi connectivity index (χ3n) is 2.69. The molecule has 1 saturated heterocycles. The van der Waals surface area contributed by atoms with Crippen molar-refractivity contribution in [3.05, 3.63) is 0 Å². The number of aliphatic carboxylic acids is 1. The summed E-state index contributed by atoms with van der Waals surface area (Å²) in [6.07, 6.45) is -8.17. The Morgan fingerprint density at radius 3 is 2.40 bits per heavy atom. The van der Waals surface area contributed by atoms with Crippen LogP contribution in [-0.2, 0) is 18.6 Å². The van der Waals surface area contributed by atoms with Crippen LogP contribution in [0.5, 0.6) is 0 Å². The van der Waals surface area contributed by atoms with Gasteiger partial charge in [-0.25, -0.2) is 13.9 Å². The van der Waals surface area contributed by atoms with E-state index in [-0.39, 0.29) is 0 Å². The fourth-order valence-corrected chi connectivity index (χ4v) is 2.37. The molecule has 11 nitrogen and oxygen atoms in total. The van der Waals surface area contributed by atoms with Crippen LogP contribution in [0.15, 0.2) is 0 Å². The number of aliphatic hydroxyl groups is 4. The van der Waals surface area contributed by atoms with Gasteiger partial charge in [0.25, 0.3) is 5.79 Å². The molecule has 1 rings (SSSR count). The highest BCUT2D eigenvalue weighted by Gasteiger charge is 2.56. The molecule has 0 unspecified atom stereocenters. The Labute approximate surface area is 112 Å². The molecule has 1 heterocycles. The van der Waals surface area contributed by atoms with Gasteiger partial charge in [0.15, 0.2) is 0 Å². The molecule has 0 aromatic rings. The largest absolute Gasteiger partial charge is 0.477 e. The minimum absolute atomic E-state index is 0.944. The molecule has 12 heteroatoms. The molecule has 0 aromatic carbocycles. The van der Waals surface area contributed by atoms with Crippen molar-refractivity contribution in [2.75, 3.05) is 6.61 Å². The first kappa shape index (κ1) is 17.4. The van der Waals surface area contributed by atoms with E-state index in [0.29, 0.717) is 0 Å². The molecule has 5 atom stereocenters. The molecule has 0 spiro atoms. The Kier molecular flexibility index (Phi) is 5.24. The molecule has 0 saturated carbocycles. The topological polar surface area (TPSA) is 194 Å². The minimum Gasteiger partial charge on any atom is -0.477 e. The standard InChI is InChI=1S/C8H15O11P/c9-2-4(11)6-5(12)3(10)1-8(18-6,7(13)14)19-20(15,16)17/h3-6,9-12H,1-2H2,(H,13,14)(H2,15,16,17)/t3-,4-,5-,6-,8-/m1/s1. The van der Waals surface area contributed by atoms with E-state index in [1.165, 1.54) is 0 Å². The number of phosphoric acid groups is 1. The van der Waals surface area contributed by atoms with Crippen molar-refractivity contribution in [3.63, 3.8) is 0 Å². The Bertz CT molecular complexity index is 407. The smallest absolute Gasteiger partial charge is 0.472 e. The highest BCUT2D eigenvalue weighted by atomic mass is 31.2. The summed E-state index contributed by atoms with van der Waals surface area (Å²) in [7, 11) is -5.31. The maximum Gasteiger partial charge on any atom is 0.472 e. The zero-order chi connectivity index (χ0) is 15.7. The molecule has 1 aliphatic heterocycles. The van der Waals surface area contributed by atoms with Gasteiger partial charge in [-0.05, 0) is 0 Å². The number of hydrogen-bond acceptors (Lipinski definition) is 8. The normalized spacial score (nSPS) is 36.6. The molecule has 118 valence electrons. The average molecular weight is 318 g/mol. The van der Waals surface area contributed by atoms with Crippen LogP contribution >= 0.6 is 7.82 Å². The number of phosphoric ester groups is 1. The third-order valence-corrected chi connectivity index (χ3v) is 3.23. The van der Waals surface area contributed by atoms with Gasteiger partial charge in [-0.3, -0.25) is 0 Å². The number of carboxylic acids is 1. The van der Waals surface area contributed by atoms with Crippen LogP contribution in [0.25, 0.3) is 0 Å². The van der Waals surface area contributed by atoms with Crippen molar-refractivity contribution >= 4 is 13.8 Å². The van der Waals surface area contributed by atoms with Gasteiger partial charge in [0.05, 0.1) is 12.7 Å². The van der Waals surface area contributed by atoms with Crippen molar-refractivity contribution in [2.24, 2.45) is 0 Å². The van der Waals surface area contributed by atoms with E-state index in [1.54, 1.807) is 0 Å². The predicted molar refractivity (Wildman–Crippen MR) is 58.1 cm³/mol. The predicted octanol–water partition coefficient (Wildman–Crippen LogP) is -3.26. The summed E-state index contributed by atoms with van der Waals surface area (Å²) in [6.45, 7) is -0.944. The summed E-state index contributed by atoms with van der Waals surface area (Å²) in [5, 5.41) is 46.3. The highest BCUT2D eigenvalue weighted by molar-refractivity contribution is 7.46. The van der Waals surface area contributed by atoms with Gasteiger partial charge in [-0.15, -0.1) is 0 Å². The molecular formula is C8H15O11P. The lowest BCUT2D eigenvalue weighted by Crippen LogP contribution is -2.62.